The van der Waals surface area contributed by atoms with Crippen molar-refractivity contribution in [1.82, 2.24) is 9.80 Å². The molecule has 2 heterocycles. The molecule has 0 aromatic rings. The highest BCUT2D eigenvalue weighted by Crippen LogP contribution is 2.35. The van der Waals surface area contributed by atoms with Crippen molar-refractivity contribution in [2.75, 3.05) is 39.4 Å². The number of carbonyl (C=O) groups is 1. The summed E-state index contributed by atoms with van der Waals surface area (Å²) in [7, 11) is 0. The van der Waals surface area contributed by atoms with Gasteiger partial charge in [-0.15, -0.1) is 0 Å². The standard InChI is InChI=1S/C13H22N2O3/c16-13(17)11-1-2-12(11)15-4-3-10(9-15)14-5-7-18-8-6-14/h10-12H,1-9H2,(H,16,17). The average molecular weight is 254 g/mol. The van der Waals surface area contributed by atoms with E-state index >= 15 is 0 Å². The summed E-state index contributed by atoms with van der Waals surface area (Å²) in [4.78, 5) is 16.0. The quantitative estimate of drug-likeness (QED) is 0.783. The molecule has 1 saturated carbocycles. The smallest absolute Gasteiger partial charge is 0.308 e. The lowest BCUT2D eigenvalue weighted by molar-refractivity contribution is -0.148. The average Bonchev–Trinajstić information content (AvgIpc) is 2.77. The maximum Gasteiger partial charge on any atom is 0.308 e. The molecular weight excluding hydrogens is 232 g/mol. The number of nitrogens with zero attached hydrogens (tertiary/aromatic N) is 2. The minimum absolute atomic E-state index is 0.117. The van der Waals surface area contributed by atoms with Gasteiger partial charge >= 0.3 is 5.97 Å². The summed E-state index contributed by atoms with van der Waals surface area (Å²) in [6.07, 6.45) is 3.11. The summed E-state index contributed by atoms with van der Waals surface area (Å²) < 4.78 is 5.38. The van der Waals surface area contributed by atoms with Gasteiger partial charge in [0.25, 0.3) is 0 Å². The van der Waals surface area contributed by atoms with Gasteiger partial charge in [-0.25, -0.2) is 0 Å². The van der Waals surface area contributed by atoms with Gasteiger partial charge in [-0.1, -0.05) is 0 Å². The molecule has 102 valence electrons. The Morgan fingerprint density at radius 2 is 1.83 bits per heavy atom. The van der Waals surface area contributed by atoms with Gasteiger partial charge in [0, 0.05) is 38.3 Å². The van der Waals surface area contributed by atoms with E-state index in [1.165, 1.54) is 6.42 Å². The molecule has 3 fully saturated rings. The first-order valence-corrected chi connectivity index (χ1v) is 7.04. The summed E-state index contributed by atoms with van der Waals surface area (Å²) in [5, 5.41) is 9.13. The highest BCUT2D eigenvalue weighted by Gasteiger charge is 2.43. The number of carboxylic acids is 1. The number of likely N-dealkylation sites (tertiary alicyclic amines) is 1. The van der Waals surface area contributed by atoms with E-state index < -0.39 is 5.97 Å². The van der Waals surface area contributed by atoms with Crippen molar-refractivity contribution in [3.8, 4) is 0 Å². The number of hydrogen-bond donors (Lipinski definition) is 1. The van der Waals surface area contributed by atoms with E-state index in [4.69, 9.17) is 9.84 Å². The summed E-state index contributed by atoms with van der Waals surface area (Å²) in [5.74, 6) is -0.727. The van der Waals surface area contributed by atoms with Crippen LogP contribution in [-0.4, -0.2) is 72.4 Å². The third-order valence-corrected chi connectivity index (χ3v) is 4.78. The van der Waals surface area contributed by atoms with Crippen molar-refractivity contribution in [3.63, 3.8) is 0 Å². The number of carboxylic acid groups (broad SMARTS) is 1. The van der Waals surface area contributed by atoms with Gasteiger partial charge in [-0.3, -0.25) is 14.6 Å². The molecule has 3 rings (SSSR count). The molecule has 0 spiro atoms. The summed E-state index contributed by atoms with van der Waals surface area (Å²) in [5.41, 5.74) is 0. The Hall–Kier alpha value is -0.650. The van der Waals surface area contributed by atoms with E-state index in [-0.39, 0.29) is 5.92 Å². The van der Waals surface area contributed by atoms with Crippen LogP contribution in [-0.2, 0) is 9.53 Å². The third kappa shape index (κ3) is 2.27. The van der Waals surface area contributed by atoms with Gasteiger partial charge in [0.2, 0.25) is 0 Å². The second kappa shape index (κ2) is 5.15. The highest BCUT2D eigenvalue weighted by atomic mass is 16.5. The molecule has 5 nitrogen and oxygen atoms in total. The van der Waals surface area contributed by atoms with Crippen LogP contribution in [0.3, 0.4) is 0 Å². The molecule has 0 bridgehead atoms. The van der Waals surface area contributed by atoms with Crippen molar-refractivity contribution < 1.29 is 14.6 Å². The van der Waals surface area contributed by atoms with Gasteiger partial charge in [-0.05, 0) is 19.3 Å². The Morgan fingerprint density at radius 1 is 1.06 bits per heavy atom. The van der Waals surface area contributed by atoms with Crippen LogP contribution in [0.25, 0.3) is 0 Å². The van der Waals surface area contributed by atoms with Crippen LogP contribution in [0.1, 0.15) is 19.3 Å². The largest absolute Gasteiger partial charge is 0.481 e. The van der Waals surface area contributed by atoms with E-state index in [1.54, 1.807) is 0 Å². The molecule has 0 aromatic heterocycles. The molecule has 0 radical (unpaired) electrons. The molecule has 0 aromatic carbocycles. The van der Waals surface area contributed by atoms with Gasteiger partial charge in [-0.2, -0.15) is 0 Å². The molecule has 3 aliphatic rings. The van der Waals surface area contributed by atoms with E-state index in [2.05, 4.69) is 9.80 Å². The Balaban J connectivity index is 1.53. The first-order valence-electron chi connectivity index (χ1n) is 7.04. The predicted molar refractivity (Wildman–Crippen MR) is 66.5 cm³/mol. The zero-order valence-electron chi connectivity index (χ0n) is 10.8. The lowest BCUT2D eigenvalue weighted by Crippen LogP contribution is -2.51. The molecule has 1 aliphatic carbocycles. The Labute approximate surface area is 108 Å². The molecule has 1 N–H and O–H groups in total. The molecule has 2 saturated heterocycles. The predicted octanol–water partition coefficient (Wildman–Crippen LogP) is 0.256. The second-order valence-electron chi connectivity index (χ2n) is 5.68. The summed E-state index contributed by atoms with van der Waals surface area (Å²) >= 11 is 0. The first kappa shape index (κ1) is 12.4. The second-order valence-corrected chi connectivity index (χ2v) is 5.68. The van der Waals surface area contributed by atoms with Crippen LogP contribution in [0.4, 0.5) is 0 Å². The van der Waals surface area contributed by atoms with E-state index in [9.17, 15) is 4.79 Å². The Bertz CT molecular complexity index is 317. The zero-order valence-corrected chi connectivity index (χ0v) is 10.8. The zero-order chi connectivity index (χ0) is 12.5. The van der Waals surface area contributed by atoms with Gasteiger partial charge < -0.3 is 9.84 Å². The number of aliphatic carboxylic acids is 1. The van der Waals surface area contributed by atoms with E-state index in [0.717, 1.165) is 52.2 Å². The maximum atomic E-state index is 11.1. The molecule has 3 atom stereocenters. The summed E-state index contributed by atoms with van der Waals surface area (Å²) in [6, 6.07) is 0.914. The van der Waals surface area contributed by atoms with Crippen molar-refractivity contribution in [2.45, 2.75) is 31.3 Å². The van der Waals surface area contributed by atoms with Crippen LogP contribution in [0, 0.1) is 5.92 Å². The van der Waals surface area contributed by atoms with Crippen molar-refractivity contribution >= 4 is 5.97 Å². The molecule has 3 unspecified atom stereocenters. The lowest BCUT2D eigenvalue weighted by atomic mass is 9.78. The van der Waals surface area contributed by atoms with Crippen molar-refractivity contribution in [3.05, 3.63) is 0 Å². The fourth-order valence-corrected chi connectivity index (χ4v) is 3.52. The van der Waals surface area contributed by atoms with E-state index in [1.807, 2.05) is 0 Å². The minimum Gasteiger partial charge on any atom is -0.481 e. The van der Waals surface area contributed by atoms with Crippen LogP contribution >= 0.6 is 0 Å². The van der Waals surface area contributed by atoms with Crippen molar-refractivity contribution in [1.29, 1.82) is 0 Å². The lowest BCUT2D eigenvalue weighted by Gasteiger charge is -2.41. The highest BCUT2D eigenvalue weighted by molar-refractivity contribution is 5.72. The van der Waals surface area contributed by atoms with E-state index in [0.29, 0.717) is 12.1 Å². The third-order valence-electron chi connectivity index (χ3n) is 4.78. The molecule has 2 aliphatic heterocycles. The van der Waals surface area contributed by atoms with Gasteiger partial charge in [0.1, 0.15) is 0 Å². The number of hydrogen-bond acceptors (Lipinski definition) is 4. The fraction of sp³-hybridized carbons (Fsp3) is 0.923. The summed E-state index contributed by atoms with van der Waals surface area (Å²) in [6.45, 7) is 5.87. The van der Waals surface area contributed by atoms with Crippen LogP contribution in [0.2, 0.25) is 0 Å². The number of rotatable bonds is 3. The molecule has 18 heavy (non-hydrogen) atoms. The topological polar surface area (TPSA) is 53.0 Å². The number of ether oxygens (including phenoxy) is 1. The molecule has 0 amide bonds. The van der Waals surface area contributed by atoms with Gasteiger partial charge in [0.05, 0.1) is 19.1 Å². The molecule has 5 heteroatoms. The molecular formula is C13H22N2O3. The SMILES string of the molecule is O=C(O)C1CCC1N1CCC(N2CCOCC2)C1. The minimum atomic E-state index is -0.610. The first-order chi connectivity index (χ1) is 8.75. The Morgan fingerprint density at radius 3 is 2.44 bits per heavy atom. The van der Waals surface area contributed by atoms with Gasteiger partial charge in [0.15, 0.2) is 0 Å². The Kier molecular flexibility index (Phi) is 3.54. The fourth-order valence-electron chi connectivity index (χ4n) is 3.52. The van der Waals surface area contributed by atoms with Crippen LogP contribution < -0.4 is 0 Å². The van der Waals surface area contributed by atoms with Crippen molar-refractivity contribution in [2.24, 2.45) is 5.92 Å². The van der Waals surface area contributed by atoms with Crippen LogP contribution in [0.5, 0.6) is 0 Å². The monoisotopic (exact) mass is 254 g/mol. The number of morpholine rings is 1. The maximum absolute atomic E-state index is 11.1. The normalized spacial score (nSPS) is 38.6. The van der Waals surface area contributed by atoms with Crippen LogP contribution in [0.15, 0.2) is 0 Å².